The van der Waals surface area contributed by atoms with Crippen molar-refractivity contribution in [3.63, 3.8) is 0 Å². The SMILES string of the molecule is Cc1oc(-c2ccc(Cl)cc2)nc1C[S@@](=O)CC(=O)N[C@@H](C)c1ccccc1. The lowest BCUT2D eigenvalue weighted by Gasteiger charge is -2.13. The van der Waals surface area contributed by atoms with Crippen molar-refractivity contribution < 1.29 is 13.4 Å². The Bertz CT molecular complexity index is 971. The van der Waals surface area contributed by atoms with Gasteiger partial charge in [0.15, 0.2) is 0 Å². The maximum Gasteiger partial charge on any atom is 0.233 e. The number of halogens is 1. The van der Waals surface area contributed by atoms with Crippen molar-refractivity contribution in [2.75, 3.05) is 5.75 Å². The minimum atomic E-state index is -1.39. The van der Waals surface area contributed by atoms with Gasteiger partial charge in [-0.05, 0) is 43.7 Å². The van der Waals surface area contributed by atoms with Crippen LogP contribution in [0.2, 0.25) is 5.02 Å². The summed E-state index contributed by atoms with van der Waals surface area (Å²) in [7, 11) is -1.39. The number of carbonyl (C=O) groups excluding carboxylic acids is 1. The van der Waals surface area contributed by atoms with E-state index in [0.29, 0.717) is 22.4 Å². The van der Waals surface area contributed by atoms with E-state index in [9.17, 15) is 9.00 Å². The van der Waals surface area contributed by atoms with E-state index in [1.54, 1.807) is 19.1 Å². The monoisotopic (exact) mass is 416 g/mol. The molecule has 7 heteroatoms. The van der Waals surface area contributed by atoms with Crippen molar-refractivity contribution in [2.45, 2.75) is 25.6 Å². The number of hydrogen-bond acceptors (Lipinski definition) is 4. The van der Waals surface area contributed by atoms with E-state index in [1.165, 1.54) is 0 Å². The highest BCUT2D eigenvalue weighted by Crippen LogP contribution is 2.24. The van der Waals surface area contributed by atoms with Crippen LogP contribution in [0.4, 0.5) is 0 Å². The molecule has 2 aromatic carbocycles. The minimum absolute atomic E-state index is 0.0836. The summed E-state index contributed by atoms with van der Waals surface area (Å²) in [5, 5.41) is 3.50. The average Bonchev–Trinajstić information content (AvgIpc) is 3.03. The third kappa shape index (κ3) is 5.30. The first-order chi connectivity index (χ1) is 13.4. The summed E-state index contributed by atoms with van der Waals surface area (Å²) in [5.74, 6) is 0.865. The number of rotatable bonds is 7. The molecule has 3 rings (SSSR count). The standard InChI is InChI=1S/C21H21ClN2O3S/c1-14(16-6-4-3-5-7-16)23-20(25)13-28(26)12-19-15(2)27-21(24-19)17-8-10-18(22)11-9-17/h3-11,14H,12-13H2,1-2H3,(H,23,25)/t14-,28+/m0/s1. The fourth-order valence-electron chi connectivity index (χ4n) is 2.74. The maximum atomic E-state index is 12.4. The second kappa shape index (κ2) is 9.17. The number of aromatic nitrogens is 1. The number of amides is 1. The third-order valence-corrected chi connectivity index (χ3v) is 5.68. The lowest BCUT2D eigenvalue weighted by atomic mass is 10.1. The van der Waals surface area contributed by atoms with Gasteiger partial charge in [-0.3, -0.25) is 9.00 Å². The zero-order chi connectivity index (χ0) is 20.1. The van der Waals surface area contributed by atoms with Crippen LogP contribution in [-0.4, -0.2) is 20.9 Å². The Hall–Kier alpha value is -2.44. The van der Waals surface area contributed by atoms with Crippen molar-refractivity contribution in [1.29, 1.82) is 0 Å². The van der Waals surface area contributed by atoms with Gasteiger partial charge in [0.05, 0.1) is 17.5 Å². The zero-order valence-corrected chi connectivity index (χ0v) is 17.2. The Morgan fingerprint density at radius 1 is 1.18 bits per heavy atom. The second-order valence-electron chi connectivity index (χ2n) is 6.46. The lowest BCUT2D eigenvalue weighted by molar-refractivity contribution is -0.119. The molecule has 1 heterocycles. The average molecular weight is 417 g/mol. The number of hydrogen-bond donors (Lipinski definition) is 1. The first-order valence-electron chi connectivity index (χ1n) is 8.84. The van der Waals surface area contributed by atoms with Gasteiger partial charge in [-0.1, -0.05) is 41.9 Å². The van der Waals surface area contributed by atoms with E-state index in [2.05, 4.69) is 10.3 Å². The topological polar surface area (TPSA) is 72.2 Å². The highest BCUT2D eigenvalue weighted by Gasteiger charge is 2.17. The predicted octanol–water partition coefficient (Wildman–Crippen LogP) is 4.43. The molecule has 0 spiro atoms. The van der Waals surface area contributed by atoms with Crippen LogP contribution in [0, 0.1) is 6.92 Å². The fraction of sp³-hybridized carbons (Fsp3) is 0.238. The van der Waals surface area contributed by atoms with Gasteiger partial charge in [-0.2, -0.15) is 0 Å². The molecule has 1 N–H and O–H groups in total. The van der Waals surface area contributed by atoms with Crippen LogP contribution in [0.3, 0.4) is 0 Å². The minimum Gasteiger partial charge on any atom is -0.441 e. The Kier molecular flexibility index (Phi) is 6.65. The molecular weight excluding hydrogens is 396 g/mol. The molecule has 3 aromatic rings. The lowest BCUT2D eigenvalue weighted by Crippen LogP contribution is -2.31. The number of nitrogens with zero attached hydrogens (tertiary/aromatic N) is 1. The third-order valence-electron chi connectivity index (χ3n) is 4.25. The van der Waals surface area contributed by atoms with E-state index >= 15 is 0 Å². The van der Waals surface area contributed by atoms with Gasteiger partial charge in [-0.15, -0.1) is 0 Å². The van der Waals surface area contributed by atoms with Gasteiger partial charge in [0, 0.05) is 21.4 Å². The van der Waals surface area contributed by atoms with E-state index < -0.39 is 10.8 Å². The molecule has 5 nitrogen and oxygen atoms in total. The molecular formula is C21H21ClN2O3S. The molecule has 0 unspecified atom stereocenters. The largest absolute Gasteiger partial charge is 0.441 e. The summed E-state index contributed by atoms with van der Waals surface area (Å²) < 4.78 is 18.1. The number of benzene rings is 2. The van der Waals surface area contributed by atoms with E-state index in [0.717, 1.165) is 11.1 Å². The van der Waals surface area contributed by atoms with Gasteiger partial charge >= 0.3 is 0 Å². The zero-order valence-electron chi connectivity index (χ0n) is 15.6. The summed E-state index contributed by atoms with van der Waals surface area (Å²) in [4.78, 5) is 16.6. The Morgan fingerprint density at radius 3 is 2.54 bits per heavy atom. The molecule has 1 amide bonds. The van der Waals surface area contributed by atoms with E-state index in [4.69, 9.17) is 16.0 Å². The van der Waals surface area contributed by atoms with Crippen LogP contribution in [-0.2, 0) is 21.3 Å². The van der Waals surface area contributed by atoms with Crippen molar-refractivity contribution in [1.82, 2.24) is 10.3 Å². The van der Waals surface area contributed by atoms with Gasteiger partial charge in [0.1, 0.15) is 11.5 Å². The molecule has 0 fully saturated rings. The maximum absolute atomic E-state index is 12.4. The molecule has 0 bridgehead atoms. The molecule has 2 atom stereocenters. The van der Waals surface area contributed by atoms with Crippen molar-refractivity contribution in [2.24, 2.45) is 0 Å². The molecule has 0 aliphatic heterocycles. The quantitative estimate of drug-likeness (QED) is 0.618. The second-order valence-corrected chi connectivity index (χ2v) is 8.35. The molecule has 28 heavy (non-hydrogen) atoms. The summed E-state index contributed by atoms with van der Waals surface area (Å²) in [6, 6.07) is 16.6. The summed E-state index contributed by atoms with van der Waals surface area (Å²) >= 11 is 5.90. The van der Waals surface area contributed by atoms with Crippen LogP contribution >= 0.6 is 11.6 Å². The Labute approximate surface area is 171 Å². The summed E-state index contributed by atoms with van der Waals surface area (Å²) in [6.07, 6.45) is 0. The molecule has 146 valence electrons. The highest BCUT2D eigenvalue weighted by atomic mass is 35.5. The van der Waals surface area contributed by atoms with Crippen molar-refractivity contribution in [3.8, 4) is 11.5 Å². The van der Waals surface area contributed by atoms with Crippen LogP contribution in [0.25, 0.3) is 11.5 Å². The van der Waals surface area contributed by atoms with E-state index in [1.807, 2.05) is 49.4 Å². The summed E-state index contributed by atoms with van der Waals surface area (Å²) in [6.45, 7) is 3.67. The van der Waals surface area contributed by atoms with Gasteiger partial charge in [0.2, 0.25) is 11.8 Å². The molecule has 0 radical (unpaired) electrons. The van der Waals surface area contributed by atoms with Gasteiger partial charge < -0.3 is 9.73 Å². The van der Waals surface area contributed by atoms with Crippen LogP contribution < -0.4 is 5.32 Å². The van der Waals surface area contributed by atoms with Crippen molar-refractivity contribution >= 4 is 28.3 Å². The highest BCUT2D eigenvalue weighted by molar-refractivity contribution is 7.84. The van der Waals surface area contributed by atoms with E-state index in [-0.39, 0.29) is 23.5 Å². The smallest absolute Gasteiger partial charge is 0.233 e. The normalized spacial score (nSPS) is 13.1. The summed E-state index contributed by atoms with van der Waals surface area (Å²) in [5.41, 5.74) is 2.38. The first kappa shape index (κ1) is 20.3. The molecule has 0 saturated heterocycles. The van der Waals surface area contributed by atoms with Gasteiger partial charge in [0.25, 0.3) is 0 Å². The number of carbonyl (C=O) groups is 1. The fourth-order valence-corrected chi connectivity index (χ4v) is 3.91. The molecule has 1 aromatic heterocycles. The molecule has 0 saturated carbocycles. The predicted molar refractivity (Wildman–Crippen MR) is 111 cm³/mol. The van der Waals surface area contributed by atoms with Crippen LogP contribution in [0.1, 0.15) is 30.0 Å². The number of aryl methyl sites for hydroxylation is 1. The number of nitrogens with one attached hydrogen (secondary N) is 1. The van der Waals surface area contributed by atoms with Crippen LogP contribution in [0.15, 0.2) is 59.0 Å². The Morgan fingerprint density at radius 2 is 1.86 bits per heavy atom. The van der Waals surface area contributed by atoms with Gasteiger partial charge in [-0.25, -0.2) is 4.98 Å². The molecule has 0 aliphatic rings. The van der Waals surface area contributed by atoms with Crippen molar-refractivity contribution in [3.05, 3.63) is 76.6 Å². The van der Waals surface area contributed by atoms with Crippen LogP contribution in [0.5, 0.6) is 0 Å². The number of oxazole rings is 1. The Balaban J connectivity index is 1.59. The molecule has 0 aliphatic carbocycles. The first-order valence-corrected chi connectivity index (χ1v) is 10.7.